The number of nitrogens with zero attached hydrogens (tertiary/aromatic N) is 4. The van der Waals surface area contributed by atoms with E-state index in [0.717, 1.165) is 62.1 Å². The first-order valence-electron chi connectivity index (χ1n) is 11.2. The van der Waals surface area contributed by atoms with Crippen LogP contribution in [0.5, 0.6) is 0 Å². The first kappa shape index (κ1) is 23.3. The number of alkyl halides is 3. The maximum Gasteiger partial charge on any atom is 0.416 e. The van der Waals surface area contributed by atoms with Crippen LogP contribution < -0.4 is 10.6 Å². The predicted octanol–water partition coefficient (Wildman–Crippen LogP) is 3.96. The van der Waals surface area contributed by atoms with Crippen molar-refractivity contribution in [1.29, 1.82) is 0 Å². The second-order valence-corrected chi connectivity index (χ2v) is 8.36. The third-order valence-corrected chi connectivity index (χ3v) is 5.87. The van der Waals surface area contributed by atoms with E-state index in [1.807, 2.05) is 24.3 Å². The van der Waals surface area contributed by atoms with E-state index in [1.165, 1.54) is 12.1 Å². The minimum absolute atomic E-state index is 0.431. The van der Waals surface area contributed by atoms with Crippen LogP contribution >= 0.6 is 0 Å². The second-order valence-electron chi connectivity index (χ2n) is 8.36. The summed E-state index contributed by atoms with van der Waals surface area (Å²) in [4.78, 5) is 14.0. The van der Waals surface area contributed by atoms with Crippen LogP contribution in [0.4, 0.5) is 24.9 Å². The van der Waals surface area contributed by atoms with Gasteiger partial charge in [0.2, 0.25) is 5.95 Å². The molecule has 0 amide bonds. The summed E-state index contributed by atoms with van der Waals surface area (Å²) in [6.45, 7) is 6.42. The summed E-state index contributed by atoms with van der Waals surface area (Å²) in [5.41, 5.74) is 0.800. The molecule has 0 aliphatic carbocycles. The zero-order valence-electron chi connectivity index (χ0n) is 18.7. The fourth-order valence-corrected chi connectivity index (χ4v) is 3.92. The van der Waals surface area contributed by atoms with Gasteiger partial charge in [-0.1, -0.05) is 30.3 Å². The van der Waals surface area contributed by atoms with Crippen molar-refractivity contribution < 1.29 is 13.2 Å². The molecule has 3 aromatic rings. The normalized spacial score (nSPS) is 15.6. The minimum atomic E-state index is -4.34. The summed E-state index contributed by atoms with van der Waals surface area (Å²) >= 11 is 0. The largest absolute Gasteiger partial charge is 0.416 e. The Bertz CT molecular complexity index is 1060. The minimum Gasteiger partial charge on any atom is -0.368 e. The van der Waals surface area contributed by atoms with Gasteiger partial charge in [-0.2, -0.15) is 18.2 Å². The Labute approximate surface area is 191 Å². The fourth-order valence-electron chi connectivity index (χ4n) is 3.92. The number of rotatable bonds is 8. The van der Waals surface area contributed by atoms with E-state index in [-0.39, 0.29) is 0 Å². The molecule has 1 aliphatic rings. The first-order chi connectivity index (χ1) is 15.9. The standard InChI is InChI=1S/C24H29F3N6/c1-32-13-15-33(16-14-32)12-11-28-22-20-7-2-3-8-21(20)30-23(31-22)29-10-9-18-5-4-6-19(17-18)24(25,26)27/h2-8,17H,9-16H2,1H3,(H2,28,29,30,31). The van der Waals surface area contributed by atoms with Gasteiger partial charge in [-0.25, -0.2) is 4.98 Å². The van der Waals surface area contributed by atoms with Crippen molar-refractivity contribution in [3.8, 4) is 0 Å². The van der Waals surface area contributed by atoms with Crippen LogP contribution in [0.3, 0.4) is 0 Å². The smallest absolute Gasteiger partial charge is 0.368 e. The van der Waals surface area contributed by atoms with Crippen molar-refractivity contribution in [2.45, 2.75) is 12.6 Å². The van der Waals surface area contributed by atoms with Crippen molar-refractivity contribution in [3.05, 3.63) is 59.7 Å². The topological polar surface area (TPSA) is 56.3 Å². The van der Waals surface area contributed by atoms with Crippen molar-refractivity contribution >= 4 is 22.7 Å². The number of likely N-dealkylation sites (N-methyl/N-ethyl adjacent to an activating group) is 1. The highest BCUT2D eigenvalue weighted by Gasteiger charge is 2.30. The van der Waals surface area contributed by atoms with E-state index in [9.17, 15) is 13.2 Å². The Morgan fingerprint density at radius 3 is 2.48 bits per heavy atom. The molecule has 9 heteroatoms. The van der Waals surface area contributed by atoms with E-state index < -0.39 is 11.7 Å². The van der Waals surface area contributed by atoms with E-state index in [1.54, 1.807) is 6.07 Å². The predicted molar refractivity (Wildman–Crippen MR) is 126 cm³/mol. The lowest BCUT2D eigenvalue weighted by molar-refractivity contribution is -0.137. The lowest BCUT2D eigenvalue weighted by Gasteiger charge is -2.32. The molecular formula is C24H29F3N6. The van der Waals surface area contributed by atoms with Gasteiger partial charge < -0.3 is 15.5 Å². The van der Waals surface area contributed by atoms with Crippen LogP contribution in [0.2, 0.25) is 0 Å². The zero-order chi connectivity index (χ0) is 23.3. The second kappa shape index (κ2) is 10.4. The highest BCUT2D eigenvalue weighted by molar-refractivity contribution is 5.90. The molecule has 6 nitrogen and oxygen atoms in total. The van der Waals surface area contributed by atoms with Gasteiger partial charge in [0.25, 0.3) is 0 Å². The number of benzene rings is 2. The molecule has 0 bridgehead atoms. The van der Waals surface area contributed by atoms with Crippen LogP contribution in [0, 0.1) is 0 Å². The molecule has 33 heavy (non-hydrogen) atoms. The molecule has 4 rings (SSSR count). The Balaban J connectivity index is 1.39. The molecule has 176 valence electrons. The van der Waals surface area contributed by atoms with Gasteiger partial charge >= 0.3 is 6.18 Å². The summed E-state index contributed by atoms with van der Waals surface area (Å²) in [5.74, 6) is 1.22. The van der Waals surface area contributed by atoms with Gasteiger partial charge in [0.1, 0.15) is 5.82 Å². The summed E-state index contributed by atoms with van der Waals surface area (Å²) in [6, 6.07) is 13.2. The average molecular weight is 459 g/mol. The van der Waals surface area contributed by atoms with Gasteiger partial charge in [0, 0.05) is 51.2 Å². The Morgan fingerprint density at radius 1 is 0.909 bits per heavy atom. The maximum absolute atomic E-state index is 12.9. The number of para-hydroxylation sites is 1. The number of aromatic nitrogens is 2. The van der Waals surface area contributed by atoms with E-state index in [2.05, 4.69) is 37.4 Å². The maximum atomic E-state index is 12.9. The first-order valence-corrected chi connectivity index (χ1v) is 11.2. The summed E-state index contributed by atoms with van der Waals surface area (Å²) in [7, 11) is 2.14. The average Bonchev–Trinajstić information content (AvgIpc) is 2.80. The number of nitrogens with one attached hydrogen (secondary N) is 2. The van der Waals surface area contributed by atoms with Crippen molar-refractivity contribution in [3.63, 3.8) is 0 Å². The SMILES string of the molecule is CN1CCN(CCNc2nc(NCCc3cccc(C(F)(F)F)c3)nc3ccccc23)CC1. The summed E-state index contributed by atoms with van der Waals surface area (Å²) < 4.78 is 38.8. The molecule has 0 atom stereocenters. The molecule has 0 unspecified atom stereocenters. The number of hydrogen-bond donors (Lipinski definition) is 2. The van der Waals surface area contributed by atoms with Gasteiger partial charge in [0.15, 0.2) is 0 Å². The Hall–Kier alpha value is -2.91. The molecule has 0 radical (unpaired) electrons. The number of piperazine rings is 1. The van der Waals surface area contributed by atoms with Crippen molar-refractivity contribution in [1.82, 2.24) is 19.8 Å². The molecule has 1 aromatic heterocycles. The number of hydrogen-bond acceptors (Lipinski definition) is 6. The lowest BCUT2D eigenvalue weighted by Crippen LogP contribution is -2.45. The molecular weight excluding hydrogens is 429 g/mol. The van der Waals surface area contributed by atoms with Crippen LogP contribution in [0.1, 0.15) is 11.1 Å². The van der Waals surface area contributed by atoms with Crippen LogP contribution in [0.25, 0.3) is 10.9 Å². The Kier molecular flexibility index (Phi) is 7.29. The Morgan fingerprint density at radius 2 is 1.70 bits per heavy atom. The molecule has 1 saturated heterocycles. The van der Waals surface area contributed by atoms with E-state index in [0.29, 0.717) is 24.5 Å². The molecule has 1 fully saturated rings. The van der Waals surface area contributed by atoms with E-state index >= 15 is 0 Å². The van der Waals surface area contributed by atoms with Crippen LogP contribution in [-0.2, 0) is 12.6 Å². The molecule has 0 saturated carbocycles. The molecule has 0 spiro atoms. The highest BCUT2D eigenvalue weighted by atomic mass is 19.4. The van der Waals surface area contributed by atoms with Gasteiger partial charge in [0.05, 0.1) is 11.1 Å². The lowest BCUT2D eigenvalue weighted by atomic mass is 10.1. The fraction of sp³-hybridized carbons (Fsp3) is 0.417. The summed E-state index contributed by atoms with van der Waals surface area (Å²) in [5, 5.41) is 7.56. The van der Waals surface area contributed by atoms with E-state index in [4.69, 9.17) is 0 Å². The third-order valence-electron chi connectivity index (χ3n) is 5.87. The molecule has 1 aliphatic heterocycles. The highest BCUT2D eigenvalue weighted by Crippen LogP contribution is 2.29. The zero-order valence-corrected chi connectivity index (χ0v) is 18.7. The summed E-state index contributed by atoms with van der Waals surface area (Å²) in [6.07, 6.45) is -3.90. The number of fused-ring (bicyclic) bond motifs is 1. The van der Waals surface area contributed by atoms with Crippen molar-refractivity contribution in [2.75, 3.05) is 63.5 Å². The monoisotopic (exact) mass is 458 g/mol. The number of anilines is 2. The molecule has 2 heterocycles. The van der Waals surface area contributed by atoms with Crippen LogP contribution in [-0.4, -0.2) is 72.6 Å². The van der Waals surface area contributed by atoms with Gasteiger partial charge in [-0.3, -0.25) is 4.90 Å². The molecule has 2 N–H and O–H groups in total. The quantitative estimate of drug-likeness (QED) is 0.533. The van der Waals surface area contributed by atoms with Gasteiger partial charge in [-0.15, -0.1) is 0 Å². The number of halogens is 3. The van der Waals surface area contributed by atoms with Crippen molar-refractivity contribution in [2.24, 2.45) is 0 Å². The van der Waals surface area contributed by atoms with Crippen LogP contribution in [0.15, 0.2) is 48.5 Å². The molecule has 2 aromatic carbocycles. The third kappa shape index (κ3) is 6.33. The van der Waals surface area contributed by atoms with Gasteiger partial charge in [-0.05, 0) is 37.2 Å².